The second-order valence-electron chi connectivity index (χ2n) is 3.33. The van der Waals surface area contributed by atoms with Crippen LogP contribution in [0.25, 0.3) is 0 Å². The largest absolute Gasteiger partial charge is 0.396 e. The normalized spacial score (nSPS) is 13.5. The van der Waals surface area contributed by atoms with E-state index in [2.05, 4.69) is 32.9 Å². The van der Waals surface area contributed by atoms with Crippen molar-refractivity contribution in [2.24, 2.45) is 0 Å². The van der Waals surface area contributed by atoms with Crippen LogP contribution in [-0.2, 0) is 0 Å². The quantitative estimate of drug-likeness (QED) is 0.624. The number of allylic oxidation sites excluding steroid dienone is 3. The van der Waals surface area contributed by atoms with Crippen molar-refractivity contribution in [1.82, 2.24) is 0 Å². The molecule has 0 atom stereocenters. The summed E-state index contributed by atoms with van der Waals surface area (Å²) in [6, 6.07) is 0. The molecule has 0 saturated carbocycles. The molecule has 0 spiro atoms. The molecule has 0 rings (SSSR count). The smallest absolute Gasteiger partial charge is 0.0468 e. The summed E-state index contributed by atoms with van der Waals surface area (Å²) in [4.78, 5) is 0. The average molecular weight is 182 g/mol. The zero-order chi connectivity index (χ0) is 10.1. The standard InChI is InChI=1S/C12H22O/c1-4-11(3)7-6-8-12(5-2)9-10-13/h7-8,13H,4-6,9-10H2,1-3H3/b11-7-,12-8+. The number of aliphatic hydroxyl groups is 1. The Hall–Kier alpha value is -0.560. The first kappa shape index (κ1) is 12.4. The van der Waals surface area contributed by atoms with E-state index in [0.29, 0.717) is 0 Å². The predicted molar refractivity (Wildman–Crippen MR) is 58.7 cm³/mol. The van der Waals surface area contributed by atoms with Gasteiger partial charge in [-0.3, -0.25) is 0 Å². The number of hydrogen-bond acceptors (Lipinski definition) is 1. The second-order valence-corrected chi connectivity index (χ2v) is 3.33. The molecule has 0 aromatic heterocycles. The molecule has 0 amide bonds. The van der Waals surface area contributed by atoms with E-state index < -0.39 is 0 Å². The van der Waals surface area contributed by atoms with E-state index in [1.54, 1.807) is 0 Å². The SMILES string of the molecule is CC/C(C)=C\C/C=C(\CC)CCO. The van der Waals surface area contributed by atoms with Gasteiger partial charge in [-0.15, -0.1) is 0 Å². The van der Waals surface area contributed by atoms with Gasteiger partial charge >= 0.3 is 0 Å². The fourth-order valence-corrected chi connectivity index (χ4v) is 1.14. The molecule has 0 saturated heterocycles. The summed E-state index contributed by atoms with van der Waals surface area (Å²) >= 11 is 0. The van der Waals surface area contributed by atoms with Crippen LogP contribution in [0.5, 0.6) is 0 Å². The van der Waals surface area contributed by atoms with E-state index >= 15 is 0 Å². The molecule has 0 bridgehead atoms. The molecule has 0 aliphatic rings. The van der Waals surface area contributed by atoms with Gasteiger partial charge in [0.25, 0.3) is 0 Å². The molecule has 0 aliphatic carbocycles. The third-order valence-electron chi connectivity index (χ3n) is 2.32. The maximum absolute atomic E-state index is 8.77. The van der Waals surface area contributed by atoms with E-state index in [-0.39, 0.29) is 6.61 Å². The van der Waals surface area contributed by atoms with Crippen LogP contribution in [0.1, 0.15) is 46.5 Å². The summed E-state index contributed by atoms with van der Waals surface area (Å²) in [5.74, 6) is 0. The van der Waals surface area contributed by atoms with Gasteiger partial charge in [0.2, 0.25) is 0 Å². The van der Waals surface area contributed by atoms with Crippen LogP contribution in [0.4, 0.5) is 0 Å². The molecule has 0 unspecified atom stereocenters. The van der Waals surface area contributed by atoms with Gasteiger partial charge < -0.3 is 5.11 Å². The Labute approximate surface area is 82.2 Å². The molecule has 13 heavy (non-hydrogen) atoms. The van der Waals surface area contributed by atoms with Crippen molar-refractivity contribution in [3.8, 4) is 0 Å². The van der Waals surface area contributed by atoms with Gasteiger partial charge in [0.05, 0.1) is 0 Å². The van der Waals surface area contributed by atoms with Crippen molar-refractivity contribution >= 4 is 0 Å². The molecule has 0 aliphatic heterocycles. The zero-order valence-electron chi connectivity index (χ0n) is 9.14. The van der Waals surface area contributed by atoms with Crippen molar-refractivity contribution in [3.05, 3.63) is 23.3 Å². The van der Waals surface area contributed by atoms with Gasteiger partial charge in [0.15, 0.2) is 0 Å². The van der Waals surface area contributed by atoms with Crippen molar-refractivity contribution in [1.29, 1.82) is 0 Å². The summed E-state index contributed by atoms with van der Waals surface area (Å²) in [5, 5.41) is 8.77. The first-order chi connectivity index (χ1) is 6.24. The third-order valence-corrected chi connectivity index (χ3v) is 2.32. The maximum atomic E-state index is 8.77. The Morgan fingerprint density at radius 2 is 1.85 bits per heavy atom. The minimum atomic E-state index is 0.274. The zero-order valence-corrected chi connectivity index (χ0v) is 9.14. The van der Waals surface area contributed by atoms with Gasteiger partial charge in [-0.25, -0.2) is 0 Å². The highest BCUT2D eigenvalue weighted by atomic mass is 16.2. The van der Waals surface area contributed by atoms with Crippen LogP contribution < -0.4 is 0 Å². The molecular weight excluding hydrogens is 160 g/mol. The minimum Gasteiger partial charge on any atom is -0.396 e. The Bertz CT molecular complexity index is 178. The van der Waals surface area contributed by atoms with E-state index in [1.807, 2.05) is 0 Å². The highest BCUT2D eigenvalue weighted by Crippen LogP contribution is 2.08. The Balaban J connectivity index is 3.92. The van der Waals surface area contributed by atoms with Crippen LogP contribution in [0.2, 0.25) is 0 Å². The van der Waals surface area contributed by atoms with E-state index in [4.69, 9.17) is 5.11 Å². The number of aliphatic hydroxyl groups excluding tert-OH is 1. The van der Waals surface area contributed by atoms with Gasteiger partial charge in [0, 0.05) is 6.61 Å². The van der Waals surface area contributed by atoms with Crippen LogP contribution in [0, 0.1) is 0 Å². The summed E-state index contributed by atoms with van der Waals surface area (Å²) in [6.07, 6.45) is 8.52. The summed E-state index contributed by atoms with van der Waals surface area (Å²) < 4.78 is 0. The molecular formula is C12H22O. The van der Waals surface area contributed by atoms with Crippen LogP contribution in [0.3, 0.4) is 0 Å². The second kappa shape index (κ2) is 8.06. The highest BCUT2D eigenvalue weighted by Gasteiger charge is 1.91. The Morgan fingerprint density at radius 1 is 1.15 bits per heavy atom. The molecule has 1 N–H and O–H groups in total. The van der Waals surface area contributed by atoms with Gasteiger partial charge in [-0.2, -0.15) is 0 Å². The Kier molecular flexibility index (Phi) is 7.71. The van der Waals surface area contributed by atoms with Crippen LogP contribution in [0.15, 0.2) is 23.3 Å². The van der Waals surface area contributed by atoms with E-state index in [0.717, 1.165) is 25.7 Å². The molecule has 0 heterocycles. The molecule has 0 aromatic rings. The number of hydrogen-bond donors (Lipinski definition) is 1. The average Bonchev–Trinajstić information content (AvgIpc) is 2.16. The van der Waals surface area contributed by atoms with Crippen LogP contribution >= 0.6 is 0 Å². The molecule has 0 aromatic carbocycles. The van der Waals surface area contributed by atoms with Crippen molar-refractivity contribution in [2.75, 3.05) is 6.61 Å². The minimum absolute atomic E-state index is 0.274. The van der Waals surface area contributed by atoms with Crippen molar-refractivity contribution in [2.45, 2.75) is 46.5 Å². The first-order valence-corrected chi connectivity index (χ1v) is 5.18. The third kappa shape index (κ3) is 6.59. The molecule has 76 valence electrons. The Morgan fingerprint density at radius 3 is 2.31 bits per heavy atom. The lowest BCUT2D eigenvalue weighted by molar-refractivity contribution is 0.298. The van der Waals surface area contributed by atoms with E-state index in [9.17, 15) is 0 Å². The predicted octanol–water partition coefficient (Wildman–Crippen LogP) is 3.45. The van der Waals surface area contributed by atoms with Gasteiger partial charge in [-0.1, -0.05) is 37.1 Å². The van der Waals surface area contributed by atoms with Crippen molar-refractivity contribution in [3.63, 3.8) is 0 Å². The lowest BCUT2D eigenvalue weighted by Gasteiger charge is -2.00. The van der Waals surface area contributed by atoms with Crippen LogP contribution in [-0.4, -0.2) is 11.7 Å². The summed E-state index contributed by atoms with van der Waals surface area (Å²) in [6.45, 7) is 6.74. The van der Waals surface area contributed by atoms with Gasteiger partial charge in [-0.05, 0) is 32.6 Å². The first-order valence-electron chi connectivity index (χ1n) is 5.18. The number of rotatable bonds is 6. The van der Waals surface area contributed by atoms with Gasteiger partial charge in [0.1, 0.15) is 0 Å². The molecule has 1 nitrogen and oxygen atoms in total. The van der Waals surface area contributed by atoms with Crippen molar-refractivity contribution < 1.29 is 5.11 Å². The fourth-order valence-electron chi connectivity index (χ4n) is 1.14. The van der Waals surface area contributed by atoms with E-state index in [1.165, 1.54) is 11.1 Å². The molecule has 1 heteroatoms. The lowest BCUT2D eigenvalue weighted by atomic mass is 10.1. The molecule has 0 fully saturated rings. The molecule has 0 radical (unpaired) electrons. The summed E-state index contributed by atoms with van der Waals surface area (Å²) in [5.41, 5.74) is 2.80. The monoisotopic (exact) mass is 182 g/mol. The topological polar surface area (TPSA) is 20.2 Å². The highest BCUT2D eigenvalue weighted by molar-refractivity contribution is 5.07. The lowest BCUT2D eigenvalue weighted by Crippen LogP contribution is -1.87. The summed E-state index contributed by atoms with van der Waals surface area (Å²) in [7, 11) is 0. The maximum Gasteiger partial charge on any atom is 0.0468 e. The fraction of sp³-hybridized carbons (Fsp3) is 0.667.